The number of para-hydroxylation sites is 1. The summed E-state index contributed by atoms with van der Waals surface area (Å²) in [4.78, 5) is 36.9. The molecule has 6 nitrogen and oxygen atoms in total. The maximum absolute atomic E-state index is 12.6. The Balaban J connectivity index is 2.19. The Bertz CT molecular complexity index is 832. The lowest BCUT2D eigenvalue weighted by Gasteiger charge is -2.13. The Morgan fingerprint density at radius 2 is 1.63 bits per heavy atom. The first-order valence-corrected chi connectivity index (χ1v) is 8.94. The van der Waals surface area contributed by atoms with Gasteiger partial charge < -0.3 is 15.4 Å². The first-order valence-electron chi connectivity index (χ1n) is 8.94. The molecule has 1 atom stereocenters. The van der Waals surface area contributed by atoms with Gasteiger partial charge in [-0.1, -0.05) is 25.1 Å². The first-order chi connectivity index (χ1) is 13.0. The third kappa shape index (κ3) is 5.41. The van der Waals surface area contributed by atoms with E-state index in [4.69, 9.17) is 4.74 Å². The van der Waals surface area contributed by atoms with Crippen LogP contribution in [0.3, 0.4) is 0 Å². The highest BCUT2D eigenvalue weighted by atomic mass is 16.5. The Kier molecular flexibility index (Phi) is 7.11. The standard InChI is InChI=1S/C21H24N2O4/c1-4-14(3)22-19(24)15-9-8-10-16(13-15)20(25)23-18-12-7-6-11-17(18)21(26)27-5-2/h6-14H,4-5H2,1-3H3,(H,22,24)(H,23,25). The second kappa shape index (κ2) is 9.52. The number of rotatable bonds is 7. The van der Waals surface area contributed by atoms with Crippen LogP contribution < -0.4 is 10.6 Å². The number of carbonyl (C=O) groups is 3. The van der Waals surface area contributed by atoms with Crippen LogP contribution in [0.25, 0.3) is 0 Å². The van der Waals surface area contributed by atoms with Gasteiger partial charge in [-0.15, -0.1) is 0 Å². The van der Waals surface area contributed by atoms with E-state index in [1.807, 2.05) is 13.8 Å². The molecule has 2 rings (SSSR count). The molecule has 1 unspecified atom stereocenters. The molecule has 142 valence electrons. The molecule has 2 aromatic rings. The minimum atomic E-state index is -0.505. The van der Waals surface area contributed by atoms with E-state index in [0.29, 0.717) is 16.8 Å². The molecule has 0 aliphatic carbocycles. The van der Waals surface area contributed by atoms with Gasteiger partial charge >= 0.3 is 5.97 Å². The summed E-state index contributed by atoms with van der Waals surface area (Å²) >= 11 is 0. The van der Waals surface area contributed by atoms with E-state index < -0.39 is 11.9 Å². The molecule has 0 aliphatic rings. The lowest BCUT2D eigenvalue weighted by Crippen LogP contribution is -2.32. The van der Waals surface area contributed by atoms with Gasteiger partial charge in [0.25, 0.3) is 11.8 Å². The van der Waals surface area contributed by atoms with Gasteiger partial charge in [0, 0.05) is 17.2 Å². The van der Waals surface area contributed by atoms with Crippen LogP contribution in [-0.4, -0.2) is 30.4 Å². The maximum atomic E-state index is 12.6. The number of benzene rings is 2. The smallest absolute Gasteiger partial charge is 0.340 e. The molecule has 0 heterocycles. The van der Waals surface area contributed by atoms with Crippen LogP contribution in [0.4, 0.5) is 5.69 Å². The second-order valence-electron chi connectivity index (χ2n) is 6.08. The topological polar surface area (TPSA) is 84.5 Å². The maximum Gasteiger partial charge on any atom is 0.340 e. The molecule has 0 aromatic heterocycles. The lowest BCUT2D eigenvalue weighted by molar-refractivity contribution is 0.0527. The van der Waals surface area contributed by atoms with Gasteiger partial charge in [0.05, 0.1) is 17.9 Å². The predicted octanol–water partition coefficient (Wildman–Crippen LogP) is 3.64. The quantitative estimate of drug-likeness (QED) is 0.731. The highest BCUT2D eigenvalue weighted by Crippen LogP contribution is 2.18. The highest BCUT2D eigenvalue weighted by molar-refractivity contribution is 6.09. The van der Waals surface area contributed by atoms with Crippen molar-refractivity contribution in [1.29, 1.82) is 0 Å². The van der Waals surface area contributed by atoms with Crippen molar-refractivity contribution in [2.75, 3.05) is 11.9 Å². The molecule has 0 saturated carbocycles. The number of hydrogen-bond acceptors (Lipinski definition) is 4. The molecule has 2 amide bonds. The second-order valence-corrected chi connectivity index (χ2v) is 6.08. The summed E-state index contributed by atoms with van der Waals surface area (Å²) in [5, 5.41) is 5.58. The Hall–Kier alpha value is -3.15. The molecule has 0 spiro atoms. The molecule has 0 saturated heterocycles. The molecule has 0 aliphatic heterocycles. The average molecular weight is 368 g/mol. The average Bonchev–Trinajstić information content (AvgIpc) is 2.68. The van der Waals surface area contributed by atoms with Crippen molar-refractivity contribution < 1.29 is 19.1 Å². The van der Waals surface area contributed by atoms with E-state index in [1.165, 1.54) is 6.07 Å². The summed E-state index contributed by atoms with van der Waals surface area (Å²) in [6.45, 7) is 5.86. The van der Waals surface area contributed by atoms with Gasteiger partial charge in [0.15, 0.2) is 0 Å². The van der Waals surface area contributed by atoms with Crippen LogP contribution in [0.15, 0.2) is 48.5 Å². The van der Waals surface area contributed by atoms with Crippen molar-refractivity contribution in [3.05, 3.63) is 65.2 Å². The number of hydrogen-bond donors (Lipinski definition) is 2. The number of carbonyl (C=O) groups excluding carboxylic acids is 3. The molecule has 0 bridgehead atoms. The molecule has 0 fully saturated rings. The highest BCUT2D eigenvalue weighted by Gasteiger charge is 2.16. The number of amides is 2. The zero-order valence-corrected chi connectivity index (χ0v) is 15.7. The van der Waals surface area contributed by atoms with Crippen molar-refractivity contribution in [1.82, 2.24) is 5.32 Å². The summed E-state index contributed by atoms with van der Waals surface area (Å²) in [5.41, 5.74) is 1.36. The largest absolute Gasteiger partial charge is 0.462 e. The summed E-state index contributed by atoms with van der Waals surface area (Å²) < 4.78 is 5.01. The minimum absolute atomic E-state index is 0.0476. The van der Waals surface area contributed by atoms with E-state index in [-0.39, 0.29) is 24.1 Å². The molecule has 0 radical (unpaired) electrons. The van der Waals surface area contributed by atoms with Crippen molar-refractivity contribution in [3.63, 3.8) is 0 Å². The predicted molar refractivity (Wildman–Crippen MR) is 104 cm³/mol. The molecular formula is C21H24N2O4. The zero-order valence-electron chi connectivity index (χ0n) is 15.7. The molecule has 2 aromatic carbocycles. The van der Waals surface area contributed by atoms with Crippen molar-refractivity contribution in [2.45, 2.75) is 33.2 Å². The van der Waals surface area contributed by atoms with Crippen LogP contribution in [0.2, 0.25) is 0 Å². The Morgan fingerprint density at radius 1 is 0.963 bits per heavy atom. The fourth-order valence-electron chi connectivity index (χ4n) is 2.38. The number of esters is 1. The monoisotopic (exact) mass is 368 g/mol. The van der Waals surface area contributed by atoms with Crippen molar-refractivity contribution in [3.8, 4) is 0 Å². The van der Waals surface area contributed by atoms with Crippen LogP contribution in [0.5, 0.6) is 0 Å². The lowest BCUT2D eigenvalue weighted by atomic mass is 10.1. The van der Waals surface area contributed by atoms with Crippen LogP contribution in [0.1, 0.15) is 58.3 Å². The van der Waals surface area contributed by atoms with Gasteiger partial charge in [-0.25, -0.2) is 4.79 Å². The number of anilines is 1. The summed E-state index contributed by atoms with van der Waals surface area (Å²) in [6, 6.07) is 13.1. The van der Waals surface area contributed by atoms with E-state index >= 15 is 0 Å². The van der Waals surface area contributed by atoms with E-state index in [1.54, 1.807) is 49.4 Å². The van der Waals surface area contributed by atoms with Gasteiger partial charge in [-0.05, 0) is 50.6 Å². The van der Waals surface area contributed by atoms with Crippen molar-refractivity contribution in [2.24, 2.45) is 0 Å². The number of nitrogens with one attached hydrogen (secondary N) is 2. The van der Waals surface area contributed by atoms with Gasteiger partial charge in [0.1, 0.15) is 0 Å². The zero-order chi connectivity index (χ0) is 19.8. The normalized spacial score (nSPS) is 11.4. The molecule has 27 heavy (non-hydrogen) atoms. The van der Waals surface area contributed by atoms with Gasteiger partial charge in [-0.2, -0.15) is 0 Å². The minimum Gasteiger partial charge on any atom is -0.462 e. The van der Waals surface area contributed by atoms with E-state index in [9.17, 15) is 14.4 Å². The SMILES string of the molecule is CCOC(=O)c1ccccc1NC(=O)c1cccc(C(=O)NC(C)CC)c1. The van der Waals surface area contributed by atoms with Crippen LogP contribution in [-0.2, 0) is 4.74 Å². The fourth-order valence-corrected chi connectivity index (χ4v) is 2.38. The summed E-state index contributed by atoms with van der Waals surface area (Å²) in [6.07, 6.45) is 0.816. The summed E-state index contributed by atoms with van der Waals surface area (Å²) in [7, 11) is 0. The van der Waals surface area contributed by atoms with Crippen molar-refractivity contribution >= 4 is 23.5 Å². The Morgan fingerprint density at radius 3 is 2.30 bits per heavy atom. The van der Waals surface area contributed by atoms with E-state index in [0.717, 1.165) is 6.42 Å². The third-order valence-corrected chi connectivity index (χ3v) is 4.05. The molecule has 2 N–H and O–H groups in total. The van der Waals surface area contributed by atoms with E-state index in [2.05, 4.69) is 10.6 Å². The molecular weight excluding hydrogens is 344 g/mol. The Labute approximate surface area is 158 Å². The summed E-state index contributed by atoms with van der Waals surface area (Å²) in [5.74, 6) is -1.15. The third-order valence-electron chi connectivity index (χ3n) is 4.05. The van der Waals surface area contributed by atoms with Crippen LogP contribution in [0, 0.1) is 0 Å². The fraction of sp³-hybridized carbons (Fsp3) is 0.286. The van der Waals surface area contributed by atoms with Gasteiger partial charge in [-0.3, -0.25) is 9.59 Å². The van der Waals surface area contributed by atoms with Crippen LogP contribution >= 0.6 is 0 Å². The first kappa shape index (κ1) is 20.2. The van der Waals surface area contributed by atoms with Gasteiger partial charge in [0.2, 0.25) is 0 Å². The number of ether oxygens (including phenoxy) is 1. The molecule has 6 heteroatoms.